The van der Waals surface area contributed by atoms with Crippen LogP contribution in [0.5, 0.6) is 11.5 Å². The third kappa shape index (κ3) is 3.03. The van der Waals surface area contributed by atoms with Crippen molar-refractivity contribution in [1.82, 2.24) is 4.90 Å². The molecule has 5 heteroatoms. The summed E-state index contributed by atoms with van der Waals surface area (Å²) in [6, 6.07) is 12.7. The topological polar surface area (TPSA) is 38.8 Å². The average molecular weight is 416 g/mol. The Kier molecular flexibility index (Phi) is 4.76. The number of ketones is 1. The maximum atomic E-state index is 12.6. The Morgan fingerprint density at radius 1 is 1.00 bits per heavy atom. The van der Waals surface area contributed by atoms with Crippen LogP contribution in [0.4, 0.5) is 0 Å². The molecule has 2 heterocycles. The van der Waals surface area contributed by atoms with Gasteiger partial charge >= 0.3 is 0 Å². The summed E-state index contributed by atoms with van der Waals surface area (Å²) >= 11 is 3.49. The van der Waals surface area contributed by atoms with E-state index >= 15 is 0 Å². The number of piperidine rings is 1. The lowest BCUT2D eigenvalue weighted by molar-refractivity contribution is -0.126. The molecule has 136 valence electrons. The van der Waals surface area contributed by atoms with Gasteiger partial charge in [-0.3, -0.25) is 9.69 Å². The van der Waals surface area contributed by atoms with E-state index in [0.29, 0.717) is 18.6 Å². The average Bonchev–Trinajstić information content (AvgIpc) is 2.66. The van der Waals surface area contributed by atoms with E-state index in [1.807, 2.05) is 0 Å². The third-order valence-electron chi connectivity index (χ3n) is 5.54. The number of halogens is 1. The van der Waals surface area contributed by atoms with E-state index in [4.69, 9.17) is 9.47 Å². The molecule has 0 saturated carbocycles. The lowest BCUT2D eigenvalue weighted by atomic mass is 9.81. The largest absolute Gasteiger partial charge is 0.493 e. The molecule has 0 unspecified atom stereocenters. The van der Waals surface area contributed by atoms with Crippen LogP contribution in [0, 0.1) is 0 Å². The van der Waals surface area contributed by atoms with Crippen molar-refractivity contribution in [3.8, 4) is 11.5 Å². The minimum atomic E-state index is 0.105. The summed E-state index contributed by atoms with van der Waals surface area (Å²) in [5.41, 5.74) is 3.66. The molecule has 0 N–H and O–H groups in total. The van der Waals surface area contributed by atoms with E-state index in [2.05, 4.69) is 57.2 Å². The zero-order valence-electron chi connectivity index (χ0n) is 15.0. The monoisotopic (exact) mass is 415 g/mol. The van der Waals surface area contributed by atoms with Gasteiger partial charge in [-0.25, -0.2) is 0 Å². The second-order valence-electron chi connectivity index (χ2n) is 6.92. The normalized spacial score (nSPS) is 22.5. The van der Waals surface area contributed by atoms with Crippen molar-refractivity contribution < 1.29 is 14.3 Å². The summed E-state index contributed by atoms with van der Waals surface area (Å²) in [6.07, 6.45) is 2.10. The lowest BCUT2D eigenvalue weighted by Gasteiger charge is -2.45. The highest BCUT2D eigenvalue weighted by atomic mass is 79.9. The summed E-state index contributed by atoms with van der Waals surface area (Å²) < 4.78 is 12.0. The Morgan fingerprint density at radius 2 is 1.65 bits per heavy atom. The van der Waals surface area contributed by atoms with Crippen LogP contribution in [0.15, 0.2) is 40.9 Å². The molecule has 2 aromatic rings. The Hall–Kier alpha value is -1.85. The van der Waals surface area contributed by atoms with Crippen LogP contribution in [0.2, 0.25) is 0 Å². The second-order valence-corrected chi connectivity index (χ2v) is 7.84. The van der Waals surface area contributed by atoms with Gasteiger partial charge in [0.15, 0.2) is 11.5 Å². The summed E-state index contributed by atoms with van der Waals surface area (Å²) in [4.78, 5) is 15.0. The summed E-state index contributed by atoms with van der Waals surface area (Å²) in [6.45, 7) is 0.946. The van der Waals surface area contributed by atoms with E-state index in [-0.39, 0.29) is 12.1 Å². The number of hydrogen-bond acceptors (Lipinski definition) is 4. The molecule has 0 radical (unpaired) electrons. The number of rotatable bonds is 3. The molecule has 0 amide bonds. The highest BCUT2D eigenvalue weighted by Gasteiger charge is 2.39. The Bertz CT molecular complexity index is 834. The first kappa shape index (κ1) is 17.6. The number of nitrogens with zero attached hydrogens (tertiary/aromatic N) is 1. The highest BCUT2D eigenvalue weighted by molar-refractivity contribution is 9.10. The molecule has 2 aliphatic rings. The van der Waals surface area contributed by atoms with Crippen molar-refractivity contribution in [2.45, 2.75) is 31.3 Å². The Balaban J connectivity index is 1.74. The van der Waals surface area contributed by atoms with Crippen molar-refractivity contribution >= 4 is 21.7 Å². The molecule has 26 heavy (non-hydrogen) atoms. The van der Waals surface area contributed by atoms with Gasteiger partial charge in [0.05, 0.1) is 14.2 Å². The van der Waals surface area contributed by atoms with E-state index in [1.54, 1.807) is 14.2 Å². The van der Waals surface area contributed by atoms with Crippen LogP contribution in [-0.4, -0.2) is 31.4 Å². The van der Waals surface area contributed by atoms with Crippen molar-refractivity contribution in [3.63, 3.8) is 0 Å². The molecule has 2 aliphatic heterocycles. The number of methoxy groups -OCH3 is 2. The minimum absolute atomic E-state index is 0.105. The van der Waals surface area contributed by atoms with Gasteiger partial charge in [0.2, 0.25) is 0 Å². The van der Waals surface area contributed by atoms with Gasteiger partial charge in [-0.2, -0.15) is 0 Å². The number of Topliss-reactive ketones (excluding diaryl/α,β-unsaturated/α-hetero) is 1. The molecule has 0 aliphatic carbocycles. The number of ether oxygens (including phenoxy) is 2. The van der Waals surface area contributed by atoms with E-state index in [9.17, 15) is 4.79 Å². The molecule has 0 spiro atoms. The molecule has 0 aromatic heterocycles. The fraction of sp³-hybridized carbons (Fsp3) is 0.381. The van der Waals surface area contributed by atoms with Crippen LogP contribution in [-0.2, 0) is 11.2 Å². The van der Waals surface area contributed by atoms with Gasteiger partial charge in [0.1, 0.15) is 5.78 Å². The van der Waals surface area contributed by atoms with Gasteiger partial charge < -0.3 is 9.47 Å². The van der Waals surface area contributed by atoms with Gasteiger partial charge in [-0.1, -0.05) is 28.1 Å². The van der Waals surface area contributed by atoms with E-state index in [0.717, 1.165) is 28.9 Å². The summed E-state index contributed by atoms with van der Waals surface area (Å²) in [5.74, 6) is 1.81. The van der Waals surface area contributed by atoms with Crippen molar-refractivity contribution in [1.29, 1.82) is 0 Å². The van der Waals surface area contributed by atoms with Gasteiger partial charge in [0.25, 0.3) is 0 Å². The molecule has 0 bridgehead atoms. The molecule has 2 aromatic carbocycles. The van der Waals surface area contributed by atoms with Crippen LogP contribution < -0.4 is 9.47 Å². The maximum absolute atomic E-state index is 12.6. The molecule has 1 saturated heterocycles. The quantitative estimate of drug-likeness (QED) is 0.740. The highest BCUT2D eigenvalue weighted by Crippen LogP contribution is 2.46. The van der Waals surface area contributed by atoms with Crippen molar-refractivity contribution in [2.75, 3.05) is 20.8 Å². The predicted molar refractivity (Wildman–Crippen MR) is 104 cm³/mol. The molecule has 4 nitrogen and oxygen atoms in total. The lowest BCUT2D eigenvalue weighted by Crippen LogP contribution is -2.43. The maximum Gasteiger partial charge on any atom is 0.161 e. The fourth-order valence-electron chi connectivity index (χ4n) is 4.27. The number of carbonyl (C=O) groups is 1. The SMILES string of the molecule is COc1cc2c(cc1OC)[C@@H]1CC(=O)C[C@@H](c3ccc(Br)cc3)N1CC2. The molecule has 2 atom stereocenters. The smallest absolute Gasteiger partial charge is 0.161 e. The van der Waals surface area contributed by atoms with E-state index < -0.39 is 0 Å². The summed E-state index contributed by atoms with van der Waals surface area (Å²) in [7, 11) is 3.31. The van der Waals surface area contributed by atoms with Crippen molar-refractivity contribution in [3.05, 3.63) is 57.6 Å². The molecular formula is C21H22BrNO3. The molecule has 4 rings (SSSR count). The second kappa shape index (κ2) is 7.05. The fourth-order valence-corrected chi connectivity index (χ4v) is 4.54. The predicted octanol–water partition coefficient (Wildman–Crippen LogP) is 4.47. The third-order valence-corrected chi connectivity index (χ3v) is 6.07. The Labute approximate surface area is 162 Å². The first-order valence-corrected chi connectivity index (χ1v) is 9.67. The van der Waals surface area contributed by atoms with Gasteiger partial charge in [-0.15, -0.1) is 0 Å². The van der Waals surface area contributed by atoms with Crippen LogP contribution in [0.25, 0.3) is 0 Å². The number of hydrogen-bond donors (Lipinski definition) is 0. The van der Waals surface area contributed by atoms with Crippen LogP contribution in [0.3, 0.4) is 0 Å². The first-order chi connectivity index (χ1) is 12.6. The van der Waals surface area contributed by atoms with Crippen LogP contribution in [0.1, 0.15) is 41.6 Å². The molecular weight excluding hydrogens is 394 g/mol. The number of fused-ring (bicyclic) bond motifs is 3. The first-order valence-electron chi connectivity index (χ1n) is 8.88. The van der Waals surface area contributed by atoms with Crippen LogP contribution >= 0.6 is 15.9 Å². The minimum Gasteiger partial charge on any atom is -0.493 e. The Morgan fingerprint density at radius 3 is 2.35 bits per heavy atom. The number of benzene rings is 2. The zero-order chi connectivity index (χ0) is 18.3. The standard InChI is InChI=1S/C21H22BrNO3/c1-25-20-9-14-7-8-23-18(13-3-5-15(22)6-4-13)10-16(24)11-19(23)17(14)12-21(20)26-2/h3-6,9,12,18-19H,7-8,10-11H2,1-2H3/t18-,19-/m0/s1. The van der Waals surface area contributed by atoms with Gasteiger partial charge in [-0.05, 0) is 47.4 Å². The van der Waals surface area contributed by atoms with Crippen molar-refractivity contribution in [2.24, 2.45) is 0 Å². The zero-order valence-corrected chi connectivity index (χ0v) is 16.6. The van der Waals surface area contributed by atoms with E-state index in [1.165, 1.54) is 16.7 Å². The molecule has 1 fully saturated rings. The van der Waals surface area contributed by atoms with Gasteiger partial charge in [0, 0.05) is 35.9 Å². The summed E-state index contributed by atoms with van der Waals surface area (Å²) in [5, 5.41) is 0. The number of carbonyl (C=O) groups excluding carboxylic acids is 1.